The fourth-order valence-corrected chi connectivity index (χ4v) is 1.57. The smallest absolute Gasteiger partial charge is 0.0211 e. The predicted octanol–water partition coefficient (Wildman–Crippen LogP) is 0.577. The van der Waals surface area contributed by atoms with Crippen LogP contribution in [-0.2, 0) is 6.42 Å². The van der Waals surface area contributed by atoms with Gasteiger partial charge in [0.05, 0.1) is 0 Å². The minimum Gasteiger partial charge on any atom is -0.329 e. The van der Waals surface area contributed by atoms with E-state index in [4.69, 9.17) is 11.5 Å². The van der Waals surface area contributed by atoms with E-state index in [0.29, 0.717) is 6.54 Å². The molecule has 0 aliphatic carbocycles. The van der Waals surface area contributed by atoms with Gasteiger partial charge in [-0.2, -0.15) is 0 Å². The first kappa shape index (κ1) is 7.72. The maximum atomic E-state index is 5.65. The van der Waals surface area contributed by atoms with Gasteiger partial charge >= 0.3 is 0 Å². The van der Waals surface area contributed by atoms with Gasteiger partial charge in [0.1, 0.15) is 0 Å². The molecule has 1 heterocycles. The van der Waals surface area contributed by atoms with E-state index < -0.39 is 0 Å². The molecule has 0 fully saturated rings. The quantitative estimate of drug-likeness (QED) is 0.672. The molecule has 2 nitrogen and oxygen atoms in total. The molecule has 0 saturated heterocycles. The molecule has 0 radical (unpaired) electrons. The molecule has 0 saturated carbocycles. The number of nitrogens with two attached hydrogens (primary N) is 2. The van der Waals surface area contributed by atoms with Crippen molar-refractivity contribution in [1.29, 1.82) is 0 Å². The van der Waals surface area contributed by atoms with E-state index >= 15 is 0 Å². The first-order valence-corrected chi connectivity index (χ1v) is 4.19. The molecule has 0 aromatic carbocycles. The van der Waals surface area contributed by atoms with Crippen LogP contribution < -0.4 is 11.5 Å². The maximum absolute atomic E-state index is 5.65. The summed E-state index contributed by atoms with van der Waals surface area (Å²) in [5.74, 6) is 0. The fourth-order valence-electron chi connectivity index (χ4n) is 0.770. The zero-order valence-corrected chi connectivity index (χ0v) is 6.60. The first-order valence-electron chi connectivity index (χ1n) is 3.31. The fraction of sp³-hybridized carbons (Fsp3) is 0.429. The van der Waals surface area contributed by atoms with Gasteiger partial charge in [-0.3, -0.25) is 0 Å². The van der Waals surface area contributed by atoms with Gasteiger partial charge in [-0.15, -0.1) is 11.3 Å². The van der Waals surface area contributed by atoms with Crippen LogP contribution in [0.15, 0.2) is 17.5 Å². The summed E-state index contributed by atoms with van der Waals surface area (Å²) in [7, 11) is 0. The van der Waals surface area contributed by atoms with E-state index in [1.165, 1.54) is 4.88 Å². The molecule has 1 unspecified atom stereocenters. The summed E-state index contributed by atoms with van der Waals surface area (Å²) in [6.45, 7) is 0.567. The predicted molar refractivity (Wildman–Crippen MR) is 45.1 cm³/mol. The first-order chi connectivity index (χ1) is 4.83. The Balaban J connectivity index is 2.40. The van der Waals surface area contributed by atoms with Crippen LogP contribution in [0.25, 0.3) is 0 Å². The summed E-state index contributed by atoms with van der Waals surface area (Å²) >= 11 is 1.73. The van der Waals surface area contributed by atoms with Crippen molar-refractivity contribution in [3.63, 3.8) is 0 Å². The van der Waals surface area contributed by atoms with Crippen LogP contribution in [-0.4, -0.2) is 12.6 Å². The molecule has 1 atom stereocenters. The molecule has 0 amide bonds. The van der Waals surface area contributed by atoms with Crippen molar-refractivity contribution < 1.29 is 0 Å². The largest absolute Gasteiger partial charge is 0.329 e. The summed E-state index contributed by atoms with van der Waals surface area (Å²) in [4.78, 5) is 1.32. The molecule has 0 aliphatic rings. The molecule has 3 heteroatoms. The lowest BCUT2D eigenvalue weighted by atomic mass is 10.2. The topological polar surface area (TPSA) is 52.0 Å². The van der Waals surface area contributed by atoms with E-state index in [-0.39, 0.29) is 6.04 Å². The highest BCUT2D eigenvalue weighted by Gasteiger charge is 2.00. The summed E-state index contributed by atoms with van der Waals surface area (Å²) < 4.78 is 0. The minimum atomic E-state index is 0.124. The highest BCUT2D eigenvalue weighted by atomic mass is 32.1. The van der Waals surface area contributed by atoms with Crippen molar-refractivity contribution in [2.75, 3.05) is 6.54 Å². The Kier molecular flexibility index (Phi) is 2.86. The zero-order valence-electron chi connectivity index (χ0n) is 5.79. The average molecular weight is 156 g/mol. The van der Waals surface area contributed by atoms with Crippen LogP contribution >= 0.6 is 11.3 Å². The third-order valence-corrected chi connectivity index (χ3v) is 2.24. The van der Waals surface area contributed by atoms with Gasteiger partial charge in [0, 0.05) is 17.5 Å². The van der Waals surface area contributed by atoms with Gasteiger partial charge in [-0.1, -0.05) is 6.07 Å². The van der Waals surface area contributed by atoms with Crippen LogP contribution in [0.5, 0.6) is 0 Å². The van der Waals surface area contributed by atoms with Crippen molar-refractivity contribution in [3.8, 4) is 0 Å². The second-order valence-electron chi connectivity index (χ2n) is 2.28. The van der Waals surface area contributed by atoms with Crippen molar-refractivity contribution in [2.24, 2.45) is 11.5 Å². The number of rotatable bonds is 3. The molecule has 1 aromatic heterocycles. The molecule has 0 aliphatic heterocycles. The van der Waals surface area contributed by atoms with Gasteiger partial charge < -0.3 is 11.5 Å². The van der Waals surface area contributed by atoms with Crippen LogP contribution in [0.1, 0.15) is 4.88 Å². The Bertz CT molecular complexity index is 172. The zero-order chi connectivity index (χ0) is 7.40. The highest BCUT2D eigenvalue weighted by molar-refractivity contribution is 7.09. The van der Waals surface area contributed by atoms with Gasteiger partial charge in [-0.25, -0.2) is 0 Å². The Morgan fingerprint density at radius 2 is 2.40 bits per heavy atom. The lowest BCUT2D eigenvalue weighted by Crippen LogP contribution is -2.31. The van der Waals surface area contributed by atoms with E-state index in [2.05, 4.69) is 11.4 Å². The normalized spacial score (nSPS) is 13.4. The van der Waals surface area contributed by atoms with Gasteiger partial charge in [-0.05, 0) is 17.9 Å². The Morgan fingerprint density at radius 1 is 1.60 bits per heavy atom. The monoisotopic (exact) mass is 156 g/mol. The third-order valence-electron chi connectivity index (χ3n) is 1.35. The lowest BCUT2D eigenvalue weighted by Gasteiger charge is -2.04. The van der Waals surface area contributed by atoms with E-state index in [9.17, 15) is 0 Å². The number of thiophene rings is 1. The highest BCUT2D eigenvalue weighted by Crippen LogP contribution is 2.09. The SMILES string of the molecule is NCC(N)Cc1cccs1. The lowest BCUT2D eigenvalue weighted by molar-refractivity contribution is 0.685. The standard InChI is InChI=1S/C7H12N2S/c8-5-6(9)4-7-2-1-3-10-7/h1-3,6H,4-5,8-9H2. The molecule has 0 bridgehead atoms. The second-order valence-corrected chi connectivity index (χ2v) is 3.31. The summed E-state index contributed by atoms with van der Waals surface area (Å²) in [5.41, 5.74) is 11.0. The molecule has 10 heavy (non-hydrogen) atoms. The van der Waals surface area contributed by atoms with Crippen molar-refractivity contribution in [1.82, 2.24) is 0 Å². The molecule has 4 N–H and O–H groups in total. The van der Waals surface area contributed by atoms with E-state index in [1.807, 2.05) is 6.07 Å². The Morgan fingerprint density at radius 3 is 2.90 bits per heavy atom. The third kappa shape index (κ3) is 2.10. The molecule has 0 spiro atoms. The summed E-state index contributed by atoms with van der Waals surface area (Å²) in [6.07, 6.45) is 0.911. The Hall–Kier alpha value is -0.380. The second kappa shape index (κ2) is 3.71. The number of hydrogen-bond acceptors (Lipinski definition) is 3. The molecule has 1 rings (SSSR count). The number of hydrogen-bond donors (Lipinski definition) is 2. The van der Waals surface area contributed by atoms with Gasteiger partial charge in [0.15, 0.2) is 0 Å². The van der Waals surface area contributed by atoms with Crippen LogP contribution in [0.4, 0.5) is 0 Å². The van der Waals surface area contributed by atoms with Crippen molar-refractivity contribution in [3.05, 3.63) is 22.4 Å². The maximum Gasteiger partial charge on any atom is 0.0211 e. The molecular weight excluding hydrogens is 144 g/mol. The van der Waals surface area contributed by atoms with Gasteiger partial charge in [0.25, 0.3) is 0 Å². The molecular formula is C7H12N2S. The van der Waals surface area contributed by atoms with E-state index in [1.54, 1.807) is 11.3 Å². The molecule has 56 valence electrons. The molecule has 1 aromatic rings. The van der Waals surface area contributed by atoms with E-state index in [0.717, 1.165) is 6.42 Å². The van der Waals surface area contributed by atoms with Crippen molar-refractivity contribution in [2.45, 2.75) is 12.5 Å². The van der Waals surface area contributed by atoms with Crippen LogP contribution in [0.3, 0.4) is 0 Å². The van der Waals surface area contributed by atoms with Crippen LogP contribution in [0, 0.1) is 0 Å². The van der Waals surface area contributed by atoms with Gasteiger partial charge in [0.2, 0.25) is 0 Å². The summed E-state index contributed by atoms with van der Waals surface area (Å²) in [6, 6.07) is 4.24. The average Bonchev–Trinajstić information content (AvgIpc) is 2.40. The van der Waals surface area contributed by atoms with Crippen LogP contribution in [0.2, 0.25) is 0 Å². The van der Waals surface area contributed by atoms with Crippen molar-refractivity contribution >= 4 is 11.3 Å². The Labute approximate surface area is 64.8 Å². The minimum absolute atomic E-state index is 0.124. The summed E-state index contributed by atoms with van der Waals surface area (Å²) in [5, 5.41) is 2.05.